The second-order valence-electron chi connectivity index (χ2n) is 5.47. The molecule has 0 bridgehead atoms. The first kappa shape index (κ1) is 14.1. The molecule has 110 valence electrons. The third-order valence-electron chi connectivity index (χ3n) is 3.90. The molecule has 1 aliphatic rings. The summed E-state index contributed by atoms with van der Waals surface area (Å²) in [4.78, 5) is 4.95. The monoisotopic (exact) mass is 282 g/mol. The summed E-state index contributed by atoms with van der Waals surface area (Å²) in [5.74, 6) is 1.06. The van der Waals surface area contributed by atoms with Crippen LogP contribution < -0.4 is 0 Å². The maximum Gasteiger partial charge on any atom is 0.117 e. The lowest BCUT2D eigenvalue weighted by Crippen LogP contribution is -2.45. The highest BCUT2D eigenvalue weighted by atomic mass is 16.3. The van der Waals surface area contributed by atoms with E-state index in [0.29, 0.717) is 0 Å². The zero-order valence-corrected chi connectivity index (χ0v) is 12.3. The van der Waals surface area contributed by atoms with Crippen LogP contribution in [0.5, 0.6) is 0 Å². The molecule has 0 unspecified atom stereocenters. The quantitative estimate of drug-likeness (QED) is 0.840. The Morgan fingerprint density at radius 2 is 1.67 bits per heavy atom. The van der Waals surface area contributed by atoms with Gasteiger partial charge in [0.25, 0.3) is 0 Å². The summed E-state index contributed by atoms with van der Waals surface area (Å²) in [7, 11) is 0. The van der Waals surface area contributed by atoms with E-state index in [0.717, 1.165) is 45.0 Å². The molecule has 1 aromatic heterocycles. The van der Waals surface area contributed by atoms with Crippen LogP contribution >= 0.6 is 0 Å². The van der Waals surface area contributed by atoms with Crippen molar-refractivity contribution < 1.29 is 4.42 Å². The Morgan fingerprint density at radius 3 is 2.38 bits per heavy atom. The van der Waals surface area contributed by atoms with Gasteiger partial charge < -0.3 is 4.42 Å². The molecule has 3 nitrogen and oxygen atoms in total. The predicted molar refractivity (Wildman–Crippen MR) is 85.9 cm³/mol. The van der Waals surface area contributed by atoms with Crippen molar-refractivity contribution in [2.45, 2.75) is 6.54 Å². The maximum absolute atomic E-state index is 5.41. The third-order valence-corrected chi connectivity index (χ3v) is 3.90. The lowest BCUT2D eigenvalue weighted by Gasteiger charge is -2.33. The van der Waals surface area contributed by atoms with Gasteiger partial charge in [0.05, 0.1) is 12.8 Å². The minimum Gasteiger partial charge on any atom is -0.468 e. The van der Waals surface area contributed by atoms with E-state index in [4.69, 9.17) is 4.42 Å². The largest absolute Gasteiger partial charge is 0.468 e. The lowest BCUT2D eigenvalue weighted by atomic mass is 10.2. The smallest absolute Gasteiger partial charge is 0.117 e. The molecule has 1 aromatic carbocycles. The molecule has 0 aliphatic carbocycles. The molecule has 0 spiro atoms. The predicted octanol–water partition coefficient (Wildman–Crippen LogP) is 3.11. The highest BCUT2D eigenvalue weighted by Crippen LogP contribution is 2.09. The first-order valence-electron chi connectivity index (χ1n) is 7.59. The molecule has 1 saturated heterocycles. The summed E-state index contributed by atoms with van der Waals surface area (Å²) in [5, 5.41) is 0. The van der Waals surface area contributed by atoms with Crippen LogP contribution in [0.15, 0.2) is 59.2 Å². The lowest BCUT2D eigenvalue weighted by molar-refractivity contribution is 0.130. The van der Waals surface area contributed by atoms with Gasteiger partial charge in [-0.05, 0) is 17.7 Å². The Hall–Kier alpha value is -1.84. The van der Waals surface area contributed by atoms with Crippen molar-refractivity contribution in [1.82, 2.24) is 9.80 Å². The number of nitrogens with zero attached hydrogens (tertiary/aromatic N) is 2. The van der Waals surface area contributed by atoms with E-state index in [-0.39, 0.29) is 0 Å². The molecule has 0 atom stereocenters. The van der Waals surface area contributed by atoms with Crippen LogP contribution in [0.3, 0.4) is 0 Å². The number of furan rings is 1. The van der Waals surface area contributed by atoms with E-state index in [2.05, 4.69) is 58.4 Å². The molecule has 1 fully saturated rings. The highest BCUT2D eigenvalue weighted by Gasteiger charge is 2.16. The summed E-state index contributed by atoms with van der Waals surface area (Å²) >= 11 is 0. The average molecular weight is 282 g/mol. The number of hydrogen-bond donors (Lipinski definition) is 0. The van der Waals surface area contributed by atoms with Crippen LogP contribution in [-0.4, -0.2) is 42.5 Å². The fraction of sp³-hybridized carbons (Fsp3) is 0.333. The SMILES string of the molecule is C(=Cc1ccccc1)CN1CCN(Cc2ccco2)CC1. The van der Waals surface area contributed by atoms with Crippen molar-refractivity contribution in [3.8, 4) is 0 Å². The van der Waals surface area contributed by atoms with Crippen molar-refractivity contribution in [3.05, 3.63) is 66.1 Å². The molecule has 1 aliphatic heterocycles. The van der Waals surface area contributed by atoms with Gasteiger partial charge in [-0.25, -0.2) is 0 Å². The van der Waals surface area contributed by atoms with E-state index in [1.807, 2.05) is 6.07 Å². The van der Waals surface area contributed by atoms with Crippen LogP contribution in [0.1, 0.15) is 11.3 Å². The van der Waals surface area contributed by atoms with Gasteiger partial charge in [-0.15, -0.1) is 0 Å². The Balaban J connectivity index is 1.40. The number of rotatable bonds is 5. The van der Waals surface area contributed by atoms with Crippen LogP contribution in [-0.2, 0) is 6.54 Å². The summed E-state index contributed by atoms with van der Waals surface area (Å²) in [6.45, 7) is 6.43. The molecular formula is C18H22N2O. The Morgan fingerprint density at radius 1 is 0.905 bits per heavy atom. The van der Waals surface area contributed by atoms with Gasteiger partial charge in [-0.1, -0.05) is 42.5 Å². The second kappa shape index (κ2) is 7.25. The van der Waals surface area contributed by atoms with Crippen LogP contribution in [0.2, 0.25) is 0 Å². The van der Waals surface area contributed by atoms with Gasteiger partial charge in [0.1, 0.15) is 5.76 Å². The first-order chi connectivity index (χ1) is 10.4. The fourth-order valence-electron chi connectivity index (χ4n) is 2.65. The van der Waals surface area contributed by atoms with Gasteiger partial charge in [-0.2, -0.15) is 0 Å². The molecule has 0 saturated carbocycles. The zero-order valence-electron chi connectivity index (χ0n) is 12.3. The Bertz CT molecular complexity index is 540. The van der Waals surface area contributed by atoms with Gasteiger partial charge >= 0.3 is 0 Å². The van der Waals surface area contributed by atoms with Crippen LogP contribution in [0.25, 0.3) is 6.08 Å². The fourth-order valence-corrected chi connectivity index (χ4v) is 2.65. The molecule has 0 radical (unpaired) electrons. The third kappa shape index (κ3) is 4.31. The van der Waals surface area contributed by atoms with Crippen molar-refractivity contribution in [2.24, 2.45) is 0 Å². The van der Waals surface area contributed by atoms with E-state index in [9.17, 15) is 0 Å². The average Bonchev–Trinajstić information content (AvgIpc) is 3.03. The number of piperazine rings is 1. The standard InChI is InChI=1S/C18H22N2O/c1-2-6-17(7-3-1)8-4-10-19-11-13-20(14-12-19)16-18-9-5-15-21-18/h1-9,15H,10-14,16H2. The molecule has 3 heteroatoms. The van der Waals surface area contributed by atoms with Gasteiger partial charge in [0, 0.05) is 32.7 Å². The topological polar surface area (TPSA) is 19.6 Å². The summed E-state index contributed by atoms with van der Waals surface area (Å²) < 4.78 is 5.41. The summed E-state index contributed by atoms with van der Waals surface area (Å²) in [6, 6.07) is 14.5. The number of benzene rings is 1. The van der Waals surface area contributed by atoms with E-state index >= 15 is 0 Å². The second-order valence-corrected chi connectivity index (χ2v) is 5.47. The normalized spacial score (nSPS) is 17.5. The molecule has 21 heavy (non-hydrogen) atoms. The Kier molecular flexibility index (Phi) is 4.87. The summed E-state index contributed by atoms with van der Waals surface area (Å²) in [6.07, 6.45) is 6.21. The highest BCUT2D eigenvalue weighted by molar-refractivity contribution is 5.48. The van der Waals surface area contributed by atoms with Crippen LogP contribution in [0.4, 0.5) is 0 Å². The Labute approximate surface area is 126 Å². The van der Waals surface area contributed by atoms with Crippen molar-refractivity contribution in [1.29, 1.82) is 0 Å². The first-order valence-corrected chi connectivity index (χ1v) is 7.59. The minimum atomic E-state index is 0.931. The van der Waals surface area contributed by atoms with E-state index in [1.165, 1.54) is 5.56 Å². The van der Waals surface area contributed by atoms with Crippen molar-refractivity contribution in [3.63, 3.8) is 0 Å². The van der Waals surface area contributed by atoms with Crippen molar-refractivity contribution >= 4 is 6.08 Å². The van der Waals surface area contributed by atoms with Gasteiger partial charge in [-0.3, -0.25) is 9.80 Å². The van der Waals surface area contributed by atoms with Crippen LogP contribution in [0, 0.1) is 0 Å². The maximum atomic E-state index is 5.41. The van der Waals surface area contributed by atoms with Gasteiger partial charge in [0.2, 0.25) is 0 Å². The zero-order chi connectivity index (χ0) is 14.3. The molecule has 3 rings (SSSR count). The van der Waals surface area contributed by atoms with E-state index < -0.39 is 0 Å². The van der Waals surface area contributed by atoms with E-state index in [1.54, 1.807) is 6.26 Å². The number of hydrogen-bond acceptors (Lipinski definition) is 3. The molecule has 0 N–H and O–H groups in total. The summed E-state index contributed by atoms with van der Waals surface area (Å²) in [5.41, 5.74) is 1.27. The molecular weight excluding hydrogens is 260 g/mol. The molecule has 2 aromatic rings. The van der Waals surface area contributed by atoms with Gasteiger partial charge in [0.15, 0.2) is 0 Å². The van der Waals surface area contributed by atoms with Crippen molar-refractivity contribution in [2.75, 3.05) is 32.7 Å². The molecule has 2 heterocycles. The molecule has 0 amide bonds. The minimum absolute atomic E-state index is 0.931.